The van der Waals surface area contributed by atoms with E-state index in [1.165, 1.54) is 0 Å². The number of phenolic OH excluding ortho intramolecular Hbond substituents is 2. The van der Waals surface area contributed by atoms with E-state index in [4.69, 9.17) is 0 Å². The van der Waals surface area contributed by atoms with Crippen molar-refractivity contribution >= 4 is 40.8 Å². The monoisotopic (exact) mass is 488 g/mol. The summed E-state index contributed by atoms with van der Waals surface area (Å²) in [5.41, 5.74) is -1.01. The first-order valence-corrected chi connectivity index (χ1v) is 12.4. The molecule has 35 heavy (non-hydrogen) atoms. The van der Waals surface area contributed by atoms with Crippen LogP contribution in [0, 0.1) is 0 Å². The van der Waals surface area contributed by atoms with Crippen molar-refractivity contribution in [3.8, 4) is 23.0 Å². The lowest BCUT2D eigenvalue weighted by molar-refractivity contribution is 0.0682. The largest absolute Gasteiger partial charge is 0.508 e. The van der Waals surface area contributed by atoms with E-state index in [2.05, 4.69) is 0 Å². The van der Waals surface area contributed by atoms with E-state index in [9.17, 15) is 40.2 Å². The van der Waals surface area contributed by atoms with Gasteiger partial charge in [0.25, 0.3) is 0 Å². The number of hydrogen-bond acceptors (Lipinski definition) is 6. The van der Waals surface area contributed by atoms with Crippen LogP contribution in [0.15, 0.2) is 84.9 Å². The molecular formula is C26H20O8Si. The Labute approximate surface area is 200 Å². The second kappa shape index (κ2) is 8.88. The third-order valence-electron chi connectivity index (χ3n) is 5.94. The first-order chi connectivity index (χ1) is 16.7. The standard InChI is InChI=1S/C26H20O8Si/c27-19-13-11-17(25(31)32)21(29)23(19)35(15-7-3-1-4-8-15,16-9-5-2-6-10-16)24-20(28)14-12-18(22(24)30)26(33)34/h1-14,27-30H,(H,31,32)(H,33,34). The molecule has 0 saturated heterocycles. The van der Waals surface area contributed by atoms with E-state index in [0.717, 1.165) is 24.3 Å². The second-order valence-corrected chi connectivity index (χ2v) is 11.5. The Bertz CT molecular complexity index is 1320. The smallest absolute Gasteiger partial charge is 0.339 e. The predicted molar refractivity (Wildman–Crippen MR) is 131 cm³/mol. The lowest BCUT2D eigenvalue weighted by Crippen LogP contribution is -2.75. The molecule has 0 radical (unpaired) electrons. The van der Waals surface area contributed by atoms with Crippen molar-refractivity contribution in [1.82, 2.24) is 0 Å². The van der Waals surface area contributed by atoms with E-state index >= 15 is 0 Å². The number of phenols is 4. The fourth-order valence-electron chi connectivity index (χ4n) is 4.49. The van der Waals surface area contributed by atoms with Crippen LogP contribution in [0.5, 0.6) is 23.0 Å². The number of hydrogen-bond donors (Lipinski definition) is 6. The molecule has 0 aliphatic rings. The number of carboxylic acid groups (broad SMARTS) is 2. The number of benzene rings is 4. The summed E-state index contributed by atoms with van der Waals surface area (Å²) in [7, 11) is -4.16. The van der Waals surface area contributed by atoms with Gasteiger partial charge in [-0.25, -0.2) is 9.59 Å². The minimum Gasteiger partial charge on any atom is -0.508 e. The van der Waals surface area contributed by atoms with Crippen LogP contribution < -0.4 is 20.7 Å². The van der Waals surface area contributed by atoms with Gasteiger partial charge in [0.15, 0.2) is 8.07 Å². The number of aromatic hydroxyl groups is 4. The molecule has 0 heterocycles. The molecule has 0 spiro atoms. The summed E-state index contributed by atoms with van der Waals surface area (Å²) in [5, 5.41) is 64.4. The Morgan fingerprint density at radius 2 is 0.857 bits per heavy atom. The number of carboxylic acids is 2. The molecule has 6 N–H and O–H groups in total. The van der Waals surface area contributed by atoms with E-state index in [1.807, 2.05) is 0 Å². The van der Waals surface area contributed by atoms with Gasteiger partial charge < -0.3 is 30.6 Å². The summed E-state index contributed by atoms with van der Waals surface area (Å²) in [5.74, 6) is -5.38. The van der Waals surface area contributed by atoms with Crippen LogP contribution in [0.2, 0.25) is 0 Å². The topological polar surface area (TPSA) is 156 Å². The highest BCUT2D eigenvalue weighted by atomic mass is 28.3. The summed E-state index contributed by atoms with van der Waals surface area (Å²) < 4.78 is 0. The fraction of sp³-hybridized carbons (Fsp3) is 0. The third kappa shape index (κ3) is 3.64. The molecule has 0 saturated carbocycles. The quantitative estimate of drug-likeness (QED) is 0.175. The van der Waals surface area contributed by atoms with Crippen molar-refractivity contribution in [2.24, 2.45) is 0 Å². The van der Waals surface area contributed by atoms with Crippen LogP contribution in [0.1, 0.15) is 20.7 Å². The maximum atomic E-state index is 11.9. The van der Waals surface area contributed by atoms with Gasteiger partial charge >= 0.3 is 11.9 Å². The van der Waals surface area contributed by atoms with Crippen LogP contribution in [0.25, 0.3) is 0 Å². The van der Waals surface area contributed by atoms with Crippen molar-refractivity contribution in [2.75, 3.05) is 0 Å². The highest BCUT2D eigenvalue weighted by Crippen LogP contribution is 2.31. The molecule has 4 aromatic carbocycles. The van der Waals surface area contributed by atoms with Crippen molar-refractivity contribution in [3.63, 3.8) is 0 Å². The van der Waals surface area contributed by atoms with Gasteiger partial charge in [-0.05, 0) is 34.6 Å². The van der Waals surface area contributed by atoms with Gasteiger partial charge in [-0.2, -0.15) is 0 Å². The Hall–Kier alpha value is -4.76. The predicted octanol–water partition coefficient (Wildman–Crippen LogP) is 1.28. The SMILES string of the molecule is O=C(O)c1ccc(O)c([Si](c2ccccc2)(c2ccccc2)c2c(O)ccc(C(=O)O)c2O)c1O. The van der Waals surface area contributed by atoms with E-state index < -0.39 is 54.1 Å². The van der Waals surface area contributed by atoms with Gasteiger partial charge in [-0.3, -0.25) is 0 Å². The van der Waals surface area contributed by atoms with Gasteiger partial charge in [-0.1, -0.05) is 60.7 Å². The molecule has 0 bridgehead atoms. The van der Waals surface area contributed by atoms with Gasteiger partial charge in [0.2, 0.25) is 0 Å². The van der Waals surface area contributed by atoms with Crippen molar-refractivity contribution < 1.29 is 40.2 Å². The summed E-state index contributed by atoms with van der Waals surface area (Å²) in [6, 6.07) is 21.0. The average Bonchev–Trinajstić information content (AvgIpc) is 2.83. The average molecular weight is 489 g/mol. The molecule has 0 atom stereocenters. The maximum absolute atomic E-state index is 11.9. The molecule has 4 aromatic rings. The lowest BCUT2D eigenvalue weighted by atomic mass is 10.2. The second-order valence-electron chi connectivity index (χ2n) is 7.80. The normalized spacial score (nSPS) is 11.2. The van der Waals surface area contributed by atoms with Crippen molar-refractivity contribution in [2.45, 2.75) is 0 Å². The molecule has 0 aliphatic carbocycles. The lowest BCUT2D eigenvalue weighted by Gasteiger charge is -2.36. The maximum Gasteiger partial charge on any atom is 0.339 e. The van der Waals surface area contributed by atoms with Crippen molar-refractivity contribution in [1.29, 1.82) is 0 Å². The van der Waals surface area contributed by atoms with Crippen LogP contribution >= 0.6 is 0 Å². The van der Waals surface area contributed by atoms with E-state index in [1.54, 1.807) is 60.7 Å². The molecule has 0 aliphatic heterocycles. The van der Waals surface area contributed by atoms with Gasteiger partial charge in [-0.15, -0.1) is 0 Å². The molecule has 4 rings (SSSR count). The fourth-order valence-corrected chi connectivity index (χ4v) is 9.53. The van der Waals surface area contributed by atoms with Gasteiger partial charge in [0, 0.05) is 10.4 Å². The third-order valence-corrected chi connectivity index (χ3v) is 10.8. The summed E-state index contributed by atoms with van der Waals surface area (Å²) in [6.07, 6.45) is 0. The van der Waals surface area contributed by atoms with Crippen molar-refractivity contribution in [3.05, 3.63) is 96.1 Å². The van der Waals surface area contributed by atoms with Crippen LogP contribution in [-0.4, -0.2) is 50.7 Å². The minimum absolute atomic E-state index is 0.220. The minimum atomic E-state index is -4.16. The highest BCUT2D eigenvalue weighted by Gasteiger charge is 2.50. The van der Waals surface area contributed by atoms with Crippen LogP contribution in [0.4, 0.5) is 0 Å². The van der Waals surface area contributed by atoms with Crippen LogP contribution in [0.3, 0.4) is 0 Å². The Morgan fingerprint density at radius 3 is 1.17 bits per heavy atom. The van der Waals surface area contributed by atoms with Crippen LogP contribution in [-0.2, 0) is 0 Å². The summed E-state index contributed by atoms with van der Waals surface area (Å²) >= 11 is 0. The first kappa shape index (κ1) is 23.4. The zero-order chi connectivity index (χ0) is 25.3. The first-order valence-electron chi connectivity index (χ1n) is 10.4. The number of aromatic carboxylic acids is 2. The van der Waals surface area contributed by atoms with E-state index in [-0.39, 0.29) is 10.4 Å². The molecule has 0 fully saturated rings. The number of carbonyl (C=O) groups is 2. The van der Waals surface area contributed by atoms with E-state index in [0.29, 0.717) is 10.4 Å². The number of rotatable bonds is 6. The Morgan fingerprint density at radius 1 is 0.514 bits per heavy atom. The molecule has 8 nitrogen and oxygen atoms in total. The van der Waals surface area contributed by atoms with Gasteiger partial charge in [0.05, 0.1) is 0 Å². The molecule has 9 heteroatoms. The summed E-state index contributed by atoms with van der Waals surface area (Å²) in [6.45, 7) is 0. The summed E-state index contributed by atoms with van der Waals surface area (Å²) in [4.78, 5) is 23.8. The Balaban J connectivity index is 2.35. The molecule has 0 aromatic heterocycles. The molecule has 0 unspecified atom stereocenters. The molecular weight excluding hydrogens is 468 g/mol. The van der Waals surface area contributed by atoms with Gasteiger partial charge in [0.1, 0.15) is 34.1 Å². The molecule has 176 valence electrons. The zero-order valence-corrected chi connectivity index (χ0v) is 19.1. The molecule has 0 amide bonds. The Kier molecular flexibility index (Phi) is 5.94. The zero-order valence-electron chi connectivity index (χ0n) is 18.1. The highest BCUT2D eigenvalue weighted by molar-refractivity contribution is 7.21.